The van der Waals surface area contributed by atoms with Gasteiger partial charge in [-0.15, -0.1) is 0 Å². The average Bonchev–Trinajstić information content (AvgIpc) is 2.73. The fourth-order valence-electron chi connectivity index (χ4n) is 3.21. The standard InChI is InChI=1S/C24H26NO4P/c1-24(2,25-23(26)27)18-29-20-15-13-19(14-16-20)17-30(28,21-9-5-3-6-10-21)22-11-7-4-8-12-22/h3-16,25H,17-18H2,1-2H3,(H,26,27). The van der Waals surface area contributed by atoms with Gasteiger partial charge in [-0.1, -0.05) is 72.8 Å². The summed E-state index contributed by atoms with van der Waals surface area (Å²) in [6.07, 6.45) is -0.676. The monoisotopic (exact) mass is 423 g/mol. The van der Waals surface area contributed by atoms with Crippen molar-refractivity contribution in [2.75, 3.05) is 6.61 Å². The van der Waals surface area contributed by atoms with E-state index in [1.165, 1.54) is 0 Å². The minimum atomic E-state index is -2.84. The second-order valence-corrected chi connectivity index (χ2v) is 10.6. The zero-order valence-electron chi connectivity index (χ0n) is 17.1. The molecule has 0 atom stereocenters. The number of hydrogen-bond acceptors (Lipinski definition) is 3. The van der Waals surface area contributed by atoms with Crippen molar-refractivity contribution in [1.82, 2.24) is 5.32 Å². The Balaban J connectivity index is 1.78. The minimum absolute atomic E-state index is 0.200. The van der Waals surface area contributed by atoms with Crippen LogP contribution in [0.5, 0.6) is 5.75 Å². The highest BCUT2D eigenvalue weighted by Crippen LogP contribution is 2.46. The maximum atomic E-state index is 14.1. The predicted octanol–water partition coefficient (Wildman–Crippen LogP) is 4.63. The number of nitrogens with one attached hydrogen (secondary N) is 1. The normalized spacial score (nSPS) is 11.7. The number of ether oxygens (including phenoxy) is 1. The Hall–Kier alpha value is -3.04. The summed E-state index contributed by atoms with van der Waals surface area (Å²) >= 11 is 0. The third kappa shape index (κ3) is 5.52. The zero-order valence-corrected chi connectivity index (χ0v) is 18.0. The van der Waals surface area contributed by atoms with E-state index < -0.39 is 18.8 Å². The van der Waals surface area contributed by atoms with Crippen molar-refractivity contribution in [3.05, 3.63) is 90.5 Å². The highest BCUT2D eigenvalue weighted by Gasteiger charge is 2.27. The van der Waals surface area contributed by atoms with E-state index in [0.717, 1.165) is 16.2 Å². The Kier molecular flexibility index (Phi) is 6.63. The van der Waals surface area contributed by atoms with Crippen LogP contribution in [0.1, 0.15) is 19.4 Å². The molecule has 0 aliphatic carbocycles. The lowest BCUT2D eigenvalue weighted by molar-refractivity contribution is 0.162. The van der Waals surface area contributed by atoms with Crippen LogP contribution in [0.2, 0.25) is 0 Å². The summed E-state index contributed by atoms with van der Waals surface area (Å²) in [6, 6.07) is 26.6. The van der Waals surface area contributed by atoms with Gasteiger partial charge in [-0.2, -0.15) is 0 Å². The Morgan fingerprint density at radius 2 is 1.40 bits per heavy atom. The maximum Gasteiger partial charge on any atom is 0.405 e. The van der Waals surface area contributed by atoms with Crippen LogP contribution in [-0.2, 0) is 10.7 Å². The number of rotatable bonds is 8. The van der Waals surface area contributed by atoms with Gasteiger partial charge in [0.05, 0.1) is 5.54 Å². The topological polar surface area (TPSA) is 75.6 Å². The fourth-order valence-corrected chi connectivity index (χ4v) is 5.90. The average molecular weight is 423 g/mol. The van der Waals surface area contributed by atoms with Crippen LogP contribution in [0, 0.1) is 0 Å². The molecule has 1 amide bonds. The molecule has 5 nitrogen and oxygen atoms in total. The zero-order chi connectivity index (χ0) is 21.6. The van der Waals surface area contributed by atoms with Crippen LogP contribution in [0.25, 0.3) is 0 Å². The first kappa shape index (κ1) is 21.7. The lowest BCUT2D eigenvalue weighted by atomic mass is 10.1. The van der Waals surface area contributed by atoms with E-state index in [-0.39, 0.29) is 6.61 Å². The van der Waals surface area contributed by atoms with E-state index in [9.17, 15) is 9.36 Å². The summed E-state index contributed by atoms with van der Waals surface area (Å²) in [5.74, 6) is 0.633. The van der Waals surface area contributed by atoms with Crippen molar-refractivity contribution in [2.24, 2.45) is 0 Å². The van der Waals surface area contributed by atoms with Gasteiger partial charge in [-0.05, 0) is 31.5 Å². The van der Waals surface area contributed by atoms with Gasteiger partial charge in [0.15, 0.2) is 0 Å². The predicted molar refractivity (Wildman–Crippen MR) is 121 cm³/mol. The molecule has 6 heteroatoms. The van der Waals surface area contributed by atoms with Crippen molar-refractivity contribution in [1.29, 1.82) is 0 Å². The molecule has 3 aromatic carbocycles. The molecule has 156 valence electrons. The number of carboxylic acid groups (broad SMARTS) is 1. The van der Waals surface area contributed by atoms with Gasteiger partial charge < -0.3 is 19.7 Å². The summed E-state index contributed by atoms with van der Waals surface area (Å²) < 4.78 is 19.9. The molecule has 2 N–H and O–H groups in total. The number of benzene rings is 3. The molecule has 0 spiro atoms. The van der Waals surface area contributed by atoms with Gasteiger partial charge in [0.25, 0.3) is 0 Å². The molecule has 0 aromatic heterocycles. The van der Waals surface area contributed by atoms with Crippen molar-refractivity contribution < 1.29 is 19.2 Å². The molecule has 3 rings (SSSR count). The molecule has 0 saturated heterocycles. The molecule has 0 aliphatic rings. The molecule has 30 heavy (non-hydrogen) atoms. The smallest absolute Gasteiger partial charge is 0.405 e. The first-order valence-electron chi connectivity index (χ1n) is 9.72. The van der Waals surface area contributed by atoms with Crippen LogP contribution in [0.15, 0.2) is 84.9 Å². The van der Waals surface area contributed by atoms with E-state index >= 15 is 0 Å². The largest absolute Gasteiger partial charge is 0.491 e. The van der Waals surface area contributed by atoms with Crippen molar-refractivity contribution in [3.8, 4) is 5.75 Å². The van der Waals surface area contributed by atoms with E-state index in [1.807, 2.05) is 84.9 Å². The first-order valence-corrected chi connectivity index (χ1v) is 11.6. The molecule has 0 heterocycles. The van der Waals surface area contributed by atoms with Gasteiger partial charge >= 0.3 is 6.09 Å². The third-order valence-corrected chi connectivity index (χ3v) is 7.80. The van der Waals surface area contributed by atoms with E-state index in [0.29, 0.717) is 11.9 Å². The van der Waals surface area contributed by atoms with E-state index in [4.69, 9.17) is 9.84 Å². The Bertz CT molecular complexity index is 975. The summed E-state index contributed by atoms with van der Waals surface area (Å²) in [5, 5.41) is 13.0. The fraction of sp³-hybridized carbons (Fsp3) is 0.208. The molecule has 3 aromatic rings. The van der Waals surface area contributed by atoms with Crippen LogP contribution in [0.4, 0.5) is 4.79 Å². The summed E-state index contributed by atoms with van der Waals surface area (Å²) in [6.45, 7) is 3.71. The SMILES string of the molecule is CC(C)(COc1ccc(CP(=O)(c2ccccc2)c2ccccc2)cc1)NC(=O)O. The van der Waals surface area contributed by atoms with Crippen molar-refractivity contribution in [3.63, 3.8) is 0 Å². The third-order valence-electron chi connectivity index (χ3n) is 4.72. The first-order chi connectivity index (χ1) is 14.3. The Labute approximate surface area is 177 Å². The lowest BCUT2D eigenvalue weighted by Crippen LogP contribution is -2.47. The number of hydrogen-bond donors (Lipinski definition) is 2. The molecule has 0 unspecified atom stereocenters. The molecule has 0 saturated carbocycles. The highest BCUT2D eigenvalue weighted by atomic mass is 31.2. The molecule has 0 fully saturated rings. The second-order valence-electron chi connectivity index (χ2n) is 7.82. The Morgan fingerprint density at radius 3 is 1.87 bits per heavy atom. The molecule has 0 bridgehead atoms. The van der Waals surface area contributed by atoms with Crippen LogP contribution in [0.3, 0.4) is 0 Å². The maximum absolute atomic E-state index is 14.1. The highest BCUT2D eigenvalue weighted by molar-refractivity contribution is 7.78. The van der Waals surface area contributed by atoms with E-state index in [1.54, 1.807) is 13.8 Å². The number of amides is 1. The summed E-state index contributed by atoms with van der Waals surface area (Å²) in [5.41, 5.74) is 0.238. The summed E-state index contributed by atoms with van der Waals surface area (Å²) in [7, 11) is -2.84. The van der Waals surface area contributed by atoms with Crippen LogP contribution in [-0.4, -0.2) is 23.3 Å². The molecular weight excluding hydrogens is 397 g/mol. The van der Waals surface area contributed by atoms with Crippen LogP contribution < -0.4 is 20.7 Å². The quantitative estimate of drug-likeness (QED) is 0.518. The van der Waals surface area contributed by atoms with Gasteiger partial charge in [-0.3, -0.25) is 0 Å². The second kappa shape index (κ2) is 9.19. The molecule has 0 radical (unpaired) electrons. The lowest BCUT2D eigenvalue weighted by Gasteiger charge is -2.24. The van der Waals surface area contributed by atoms with Gasteiger partial charge in [0, 0.05) is 16.8 Å². The molecule has 0 aliphatic heterocycles. The molecular formula is C24H26NO4P. The van der Waals surface area contributed by atoms with Gasteiger partial charge in [-0.25, -0.2) is 4.79 Å². The Morgan fingerprint density at radius 1 is 0.900 bits per heavy atom. The summed E-state index contributed by atoms with van der Waals surface area (Å²) in [4.78, 5) is 10.8. The number of carbonyl (C=O) groups is 1. The van der Waals surface area contributed by atoms with Crippen molar-refractivity contribution >= 4 is 23.8 Å². The van der Waals surface area contributed by atoms with Crippen molar-refractivity contribution in [2.45, 2.75) is 25.5 Å². The van der Waals surface area contributed by atoms with Gasteiger partial charge in [0.1, 0.15) is 19.5 Å². The van der Waals surface area contributed by atoms with Gasteiger partial charge in [0.2, 0.25) is 0 Å². The van der Waals surface area contributed by atoms with Crippen LogP contribution >= 0.6 is 7.14 Å². The van der Waals surface area contributed by atoms with E-state index in [2.05, 4.69) is 5.32 Å². The minimum Gasteiger partial charge on any atom is -0.491 e.